The summed E-state index contributed by atoms with van der Waals surface area (Å²) < 4.78 is 37.8. The second kappa shape index (κ2) is 8.80. The van der Waals surface area contributed by atoms with Gasteiger partial charge in [0.15, 0.2) is 0 Å². The van der Waals surface area contributed by atoms with Gasteiger partial charge in [0.2, 0.25) is 0 Å². The van der Waals surface area contributed by atoms with Crippen LogP contribution in [0.5, 0.6) is 0 Å². The third kappa shape index (κ3) is 6.34. The summed E-state index contributed by atoms with van der Waals surface area (Å²) in [6.07, 6.45) is -4.52. The Morgan fingerprint density at radius 1 is 1.16 bits per heavy atom. The number of allylic oxidation sites excluding steroid dienone is 1. The molecule has 0 unspecified atom stereocenters. The smallest absolute Gasteiger partial charge is 0.255 e. The lowest BCUT2D eigenvalue weighted by Crippen LogP contribution is -2.26. The van der Waals surface area contributed by atoms with E-state index in [2.05, 4.69) is 21.9 Å². The van der Waals surface area contributed by atoms with Crippen LogP contribution in [0.2, 0.25) is 5.02 Å². The predicted molar refractivity (Wildman–Crippen MR) is 98.2 cm³/mol. The van der Waals surface area contributed by atoms with Crippen LogP contribution in [0.25, 0.3) is 5.70 Å². The molecule has 1 aromatic carbocycles. The Labute approximate surface area is 150 Å². The minimum atomic E-state index is -4.52. The molecular formula is C17H20ClF3N4. The molecule has 0 saturated carbocycles. The number of rotatable bonds is 6. The van der Waals surface area contributed by atoms with Crippen LogP contribution < -0.4 is 0 Å². The number of hydrazone groups is 2. The number of hydrogen-bond acceptors (Lipinski definition) is 4. The average Bonchev–Trinajstić information content (AvgIpc) is 2.51. The quantitative estimate of drug-likeness (QED) is 0.486. The Balaban J connectivity index is 3.11. The third-order valence-corrected chi connectivity index (χ3v) is 3.44. The van der Waals surface area contributed by atoms with Gasteiger partial charge in [0, 0.05) is 23.0 Å². The van der Waals surface area contributed by atoms with Crippen LogP contribution in [-0.2, 0) is 0 Å². The van der Waals surface area contributed by atoms with Crippen LogP contribution in [0.3, 0.4) is 0 Å². The van der Waals surface area contributed by atoms with Crippen molar-refractivity contribution in [3.05, 3.63) is 40.4 Å². The average molecular weight is 373 g/mol. The van der Waals surface area contributed by atoms with Gasteiger partial charge in [-0.05, 0) is 33.8 Å². The van der Waals surface area contributed by atoms with E-state index in [4.69, 9.17) is 11.6 Å². The normalized spacial score (nSPS) is 12.8. The molecule has 0 radical (unpaired) electrons. The lowest BCUT2D eigenvalue weighted by molar-refractivity contribution is -0.0606. The SMILES string of the molecule is C=NN(C/C(C)=N/C(=C(C)C)c1ccccc1Cl)/N=C(\C)C(F)(F)F. The molecule has 136 valence electrons. The third-order valence-electron chi connectivity index (χ3n) is 3.11. The van der Waals surface area contributed by atoms with Crippen molar-refractivity contribution in [3.8, 4) is 0 Å². The van der Waals surface area contributed by atoms with Crippen molar-refractivity contribution in [2.75, 3.05) is 6.54 Å². The van der Waals surface area contributed by atoms with Crippen LogP contribution >= 0.6 is 11.6 Å². The van der Waals surface area contributed by atoms with Crippen LogP contribution in [-0.4, -0.2) is 36.0 Å². The molecule has 0 aromatic heterocycles. The Morgan fingerprint density at radius 3 is 2.24 bits per heavy atom. The highest BCUT2D eigenvalue weighted by Crippen LogP contribution is 2.27. The zero-order chi connectivity index (χ0) is 19.2. The predicted octanol–water partition coefficient (Wildman–Crippen LogP) is 5.41. The van der Waals surface area contributed by atoms with Gasteiger partial charge in [-0.25, -0.2) is 0 Å². The molecule has 4 nitrogen and oxygen atoms in total. The van der Waals surface area contributed by atoms with Gasteiger partial charge < -0.3 is 0 Å². The van der Waals surface area contributed by atoms with Crippen LogP contribution in [0.1, 0.15) is 33.3 Å². The highest BCUT2D eigenvalue weighted by Gasteiger charge is 2.32. The summed E-state index contributed by atoms with van der Waals surface area (Å²) >= 11 is 6.21. The van der Waals surface area contributed by atoms with Crippen molar-refractivity contribution in [2.45, 2.75) is 33.9 Å². The zero-order valence-corrected chi connectivity index (χ0v) is 15.3. The van der Waals surface area contributed by atoms with Crippen LogP contribution in [0, 0.1) is 0 Å². The van der Waals surface area contributed by atoms with Crippen molar-refractivity contribution in [1.82, 2.24) is 5.12 Å². The van der Waals surface area contributed by atoms with Crippen molar-refractivity contribution in [1.29, 1.82) is 0 Å². The van der Waals surface area contributed by atoms with E-state index in [0.29, 0.717) is 16.4 Å². The molecule has 0 atom stereocenters. The number of aliphatic imine (C=N–C) groups is 1. The molecule has 1 rings (SSSR count). The topological polar surface area (TPSA) is 40.3 Å². The Hall–Kier alpha value is -2.15. The Kier molecular flexibility index (Phi) is 7.36. The van der Waals surface area contributed by atoms with Gasteiger partial charge in [-0.1, -0.05) is 35.4 Å². The molecule has 1 aromatic rings. The Morgan fingerprint density at radius 2 is 1.76 bits per heavy atom. The Bertz CT molecular complexity index is 717. The van der Waals surface area contributed by atoms with E-state index in [1.807, 2.05) is 32.0 Å². The van der Waals surface area contributed by atoms with E-state index in [1.54, 1.807) is 13.0 Å². The van der Waals surface area contributed by atoms with Gasteiger partial charge in [-0.15, -0.1) is 0 Å². The summed E-state index contributed by atoms with van der Waals surface area (Å²) in [5.41, 5.74) is 1.82. The molecule has 0 aliphatic carbocycles. The van der Waals surface area contributed by atoms with Crippen LogP contribution in [0.4, 0.5) is 13.2 Å². The van der Waals surface area contributed by atoms with E-state index in [1.165, 1.54) is 0 Å². The van der Waals surface area contributed by atoms with Crippen molar-refractivity contribution >= 4 is 35.4 Å². The maximum absolute atomic E-state index is 12.6. The molecule has 0 heterocycles. The van der Waals surface area contributed by atoms with E-state index >= 15 is 0 Å². The summed E-state index contributed by atoms with van der Waals surface area (Å²) in [6, 6.07) is 7.22. The molecule has 0 spiro atoms. The van der Waals surface area contributed by atoms with Gasteiger partial charge in [0.05, 0.1) is 12.2 Å². The van der Waals surface area contributed by atoms with E-state index in [-0.39, 0.29) is 6.54 Å². The molecule has 0 saturated heterocycles. The highest BCUT2D eigenvalue weighted by atomic mass is 35.5. The molecule has 0 N–H and O–H groups in total. The standard InChI is InChI=1S/C17H20ClF3N4/c1-11(2)16(14-8-6-7-9-15(14)18)23-12(3)10-25(22-5)24-13(4)17(19,20)21/h6-9H,5,10H2,1-4H3/b23-12+,24-13+. The van der Waals surface area contributed by atoms with Gasteiger partial charge >= 0.3 is 6.18 Å². The summed E-state index contributed by atoms with van der Waals surface area (Å²) in [7, 11) is 0. The van der Waals surface area contributed by atoms with Gasteiger partial charge in [0.1, 0.15) is 5.71 Å². The van der Waals surface area contributed by atoms with E-state index < -0.39 is 11.9 Å². The van der Waals surface area contributed by atoms with Gasteiger partial charge in [-0.3, -0.25) is 4.99 Å². The van der Waals surface area contributed by atoms with Crippen molar-refractivity contribution in [2.24, 2.45) is 15.2 Å². The summed E-state index contributed by atoms with van der Waals surface area (Å²) in [5, 5.41) is 8.32. The molecule has 8 heteroatoms. The number of hydrogen-bond donors (Lipinski definition) is 0. The first kappa shape index (κ1) is 20.9. The fourth-order valence-electron chi connectivity index (χ4n) is 1.87. The maximum atomic E-state index is 12.6. The van der Waals surface area contributed by atoms with Gasteiger partial charge in [0.25, 0.3) is 0 Å². The fourth-order valence-corrected chi connectivity index (χ4v) is 2.10. The monoisotopic (exact) mass is 372 g/mol. The number of benzene rings is 1. The molecule has 0 amide bonds. The van der Waals surface area contributed by atoms with Crippen LogP contribution in [0.15, 0.2) is 45.0 Å². The molecule has 0 aliphatic heterocycles. The summed E-state index contributed by atoms with van der Waals surface area (Å²) in [4.78, 5) is 4.50. The number of alkyl halides is 3. The maximum Gasteiger partial charge on any atom is 0.430 e. The molecule has 0 aliphatic rings. The van der Waals surface area contributed by atoms with E-state index in [9.17, 15) is 13.2 Å². The summed E-state index contributed by atoms with van der Waals surface area (Å²) in [6.45, 7) is 9.53. The first-order valence-corrected chi connectivity index (χ1v) is 7.77. The van der Waals surface area contributed by atoms with Gasteiger partial charge in [-0.2, -0.15) is 28.5 Å². The lowest BCUT2D eigenvalue weighted by Gasteiger charge is -2.15. The number of halogens is 4. The molecule has 25 heavy (non-hydrogen) atoms. The van der Waals surface area contributed by atoms with Crippen molar-refractivity contribution in [3.63, 3.8) is 0 Å². The molecule has 0 fully saturated rings. The second-order valence-electron chi connectivity index (χ2n) is 5.53. The molecular weight excluding hydrogens is 353 g/mol. The summed E-state index contributed by atoms with van der Waals surface area (Å²) in [5.74, 6) is 0. The first-order chi connectivity index (χ1) is 11.6. The highest BCUT2D eigenvalue weighted by molar-refractivity contribution is 6.32. The van der Waals surface area contributed by atoms with Crippen molar-refractivity contribution < 1.29 is 13.2 Å². The van der Waals surface area contributed by atoms with E-state index in [0.717, 1.165) is 23.2 Å². The molecule has 0 bridgehead atoms. The minimum absolute atomic E-state index is 0.0296. The second-order valence-corrected chi connectivity index (χ2v) is 5.94. The fraction of sp³-hybridized carbons (Fsp3) is 0.353. The minimum Gasteiger partial charge on any atom is -0.255 e. The zero-order valence-electron chi connectivity index (χ0n) is 14.5. The lowest BCUT2D eigenvalue weighted by atomic mass is 10.1. The largest absolute Gasteiger partial charge is 0.430 e. The number of nitrogens with zero attached hydrogens (tertiary/aromatic N) is 4. The first-order valence-electron chi connectivity index (χ1n) is 7.39.